The standard InChI is InChI=1S/C6H11IN4O3/c1-13-3-2-9-6-4(5(8)7-12)10-14-11-6/h12H,2-3,8H2,1H3,(H,9,11). The summed E-state index contributed by atoms with van der Waals surface area (Å²) in [7, 11) is 1.60. The van der Waals surface area contributed by atoms with Crippen molar-refractivity contribution < 1.29 is 12.8 Å². The molecule has 0 aliphatic heterocycles. The first-order chi connectivity index (χ1) is 6.79. The average Bonchev–Trinajstić information content (AvgIpc) is 2.65. The second-order valence-corrected chi connectivity index (χ2v) is 3.96. The summed E-state index contributed by atoms with van der Waals surface area (Å²) in [5.74, 6) is 0.438. The van der Waals surface area contributed by atoms with E-state index in [1.807, 2.05) is 0 Å². The fraction of sp³-hybridized carbons (Fsp3) is 0.500. The van der Waals surface area contributed by atoms with E-state index in [1.54, 1.807) is 7.11 Å². The zero-order chi connectivity index (χ0) is 10.4. The largest absolute Gasteiger partial charge is 0.383 e. The van der Waals surface area contributed by atoms with Crippen LogP contribution in [-0.2, 0) is 4.74 Å². The molecule has 80 valence electrons. The number of hydrogen-bond acceptors (Lipinski definition) is 7. The Morgan fingerprint density at radius 1 is 1.71 bits per heavy atom. The van der Waals surface area contributed by atoms with Gasteiger partial charge in [0.15, 0.2) is 5.69 Å². The minimum atomic E-state index is -1.18. The number of nitrogens with two attached hydrogens (primary N) is 1. The lowest BCUT2D eigenvalue weighted by Gasteiger charge is -2.01. The molecule has 8 heteroatoms. The zero-order valence-electron chi connectivity index (χ0n) is 7.53. The van der Waals surface area contributed by atoms with E-state index in [0.717, 1.165) is 0 Å². The van der Waals surface area contributed by atoms with E-state index in [9.17, 15) is 0 Å². The number of anilines is 1. The van der Waals surface area contributed by atoms with Crippen molar-refractivity contribution in [2.24, 2.45) is 5.73 Å². The number of hydrogen-bond donors (Lipinski definition) is 3. The highest BCUT2D eigenvalue weighted by Gasteiger charge is 2.11. The lowest BCUT2D eigenvalue weighted by molar-refractivity contribution is 0.210. The molecule has 0 saturated carbocycles. The third-order valence-electron chi connectivity index (χ3n) is 1.40. The van der Waals surface area contributed by atoms with Crippen LogP contribution in [0.4, 0.5) is 5.82 Å². The Bertz CT molecular complexity index is 314. The number of nitrogens with one attached hydrogen (secondary N) is 1. The lowest BCUT2D eigenvalue weighted by atomic mass is 10.4. The molecule has 1 rings (SSSR count). The second kappa shape index (κ2) is 6.01. The van der Waals surface area contributed by atoms with Gasteiger partial charge in [-0.05, 0) is 10.3 Å². The Morgan fingerprint density at radius 3 is 3.14 bits per heavy atom. The van der Waals surface area contributed by atoms with Crippen LogP contribution in [0.25, 0.3) is 0 Å². The topological polar surface area (TPSA) is 106 Å². The first kappa shape index (κ1) is 11.5. The van der Waals surface area contributed by atoms with E-state index in [-0.39, 0.29) is 0 Å². The molecule has 0 aromatic carbocycles. The Labute approximate surface area is 90.9 Å². The van der Waals surface area contributed by atoms with Gasteiger partial charge in [0.05, 0.1) is 27.8 Å². The smallest absolute Gasteiger partial charge is 0.200 e. The molecule has 7 nitrogen and oxygen atoms in total. The first-order valence-electron chi connectivity index (χ1n) is 3.76. The van der Waals surface area contributed by atoms with Crippen molar-refractivity contribution in [3.05, 3.63) is 5.69 Å². The number of rotatable bonds is 5. The first-order valence-corrected chi connectivity index (χ1v) is 5.80. The molecule has 0 saturated heterocycles. The van der Waals surface area contributed by atoms with Gasteiger partial charge in [0.1, 0.15) is 3.63 Å². The molecule has 1 aromatic rings. The number of halogens is 1. The maximum atomic E-state index is 8.89. The van der Waals surface area contributed by atoms with Crippen molar-refractivity contribution in [1.82, 2.24) is 10.3 Å². The quantitative estimate of drug-likeness (QED) is 0.494. The molecule has 0 amide bonds. The number of nitrogens with zero attached hydrogens (tertiary/aromatic N) is 2. The van der Waals surface area contributed by atoms with E-state index >= 15 is 0 Å². The van der Waals surface area contributed by atoms with Crippen LogP contribution >= 0.6 is 21.1 Å². The van der Waals surface area contributed by atoms with Crippen molar-refractivity contribution >= 4 is 30.6 Å². The van der Waals surface area contributed by atoms with E-state index in [1.165, 1.54) is 0 Å². The molecule has 1 heterocycles. The molecular weight excluding hydrogens is 303 g/mol. The van der Waals surface area contributed by atoms with E-state index in [2.05, 4.69) is 20.3 Å². The van der Waals surface area contributed by atoms with E-state index in [4.69, 9.17) is 13.9 Å². The van der Waals surface area contributed by atoms with Gasteiger partial charge in [-0.15, -0.1) is 0 Å². The zero-order valence-corrected chi connectivity index (χ0v) is 9.69. The summed E-state index contributed by atoms with van der Waals surface area (Å²) in [4.78, 5) is 0. The molecule has 0 aliphatic rings. The molecule has 14 heavy (non-hydrogen) atoms. The number of methoxy groups -OCH3 is 1. The predicted molar refractivity (Wildman–Crippen MR) is 59.2 cm³/mol. The van der Waals surface area contributed by atoms with Crippen LogP contribution in [-0.4, -0.2) is 37.6 Å². The average molecular weight is 314 g/mol. The molecule has 1 aromatic heterocycles. The normalized spacial score (nSPS) is 12.4. The highest BCUT2D eigenvalue weighted by molar-refractivity contribution is 14.2. The van der Waals surface area contributed by atoms with Crippen LogP contribution in [0.5, 0.6) is 0 Å². The maximum Gasteiger partial charge on any atom is 0.200 e. The van der Waals surface area contributed by atoms with Crippen LogP contribution < -0.4 is 11.1 Å². The van der Waals surface area contributed by atoms with Gasteiger partial charge in [-0.1, -0.05) is 0 Å². The Hall–Kier alpha value is -0.580. The van der Waals surface area contributed by atoms with Gasteiger partial charge in [-0.3, -0.25) is 5.73 Å². The molecule has 0 spiro atoms. The summed E-state index contributed by atoms with van der Waals surface area (Å²) in [5, 5.41) is 10.1. The van der Waals surface area contributed by atoms with Crippen molar-refractivity contribution in [2.45, 2.75) is 0 Å². The molecule has 0 fully saturated rings. The molecule has 4 N–H and O–H groups in total. The second-order valence-electron chi connectivity index (χ2n) is 2.31. The molecule has 0 bridgehead atoms. The number of aromatic nitrogens is 2. The fourth-order valence-corrected chi connectivity index (χ4v) is 1.36. The lowest BCUT2D eigenvalue weighted by Crippen LogP contribution is -2.15. The summed E-state index contributed by atoms with van der Waals surface area (Å²) in [5.41, 5.74) is 5.91. The molecule has 0 atom stereocenters. The molecule has 0 aliphatic carbocycles. The maximum absolute atomic E-state index is 8.89. The van der Waals surface area contributed by atoms with Crippen molar-refractivity contribution in [3.8, 4) is 0 Å². The highest BCUT2D eigenvalue weighted by atomic mass is 127. The predicted octanol–water partition coefficient (Wildman–Crippen LogP) is -0.557. The van der Waals surface area contributed by atoms with Gasteiger partial charge in [-0.25, -0.2) is 4.63 Å². The summed E-state index contributed by atoms with van der Waals surface area (Å²) in [6, 6.07) is 0. The summed E-state index contributed by atoms with van der Waals surface area (Å²) < 4.78 is 18.6. The SMILES string of the molecule is COCCNc1nonc1C(N)=IO. The minimum Gasteiger partial charge on any atom is -0.383 e. The van der Waals surface area contributed by atoms with Gasteiger partial charge >= 0.3 is 0 Å². The van der Waals surface area contributed by atoms with Crippen molar-refractivity contribution in [3.63, 3.8) is 0 Å². The van der Waals surface area contributed by atoms with Crippen LogP contribution in [0.3, 0.4) is 0 Å². The van der Waals surface area contributed by atoms with Crippen LogP contribution in [0.1, 0.15) is 5.69 Å². The Kier molecular flexibility index (Phi) is 4.93. The van der Waals surface area contributed by atoms with Crippen molar-refractivity contribution in [1.29, 1.82) is 0 Å². The van der Waals surface area contributed by atoms with Crippen LogP contribution in [0.2, 0.25) is 0 Å². The van der Waals surface area contributed by atoms with Crippen LogP contribution in [0.15, 0.2) is 4.63 Å². The Morgan fingerprint density at radius 2 is 2.50 bits per heavy atom. The van der Waals surface area contributed by atoms with Gasteiger partial charge < -0.3 is 13.5 Å². The van der Waals surface area contributed by atoms with E-state index < -0.39 is 21.1 Å². The number of ether oxygens (including phenoxy) is 1. The molecular formula is C6H11IN4O3. The highest BCUT2D eigenvalue weighted by Crippen LogP contribution is 2.10. The van der Waals surface area contributed by atoms with E-state index in [0.29, 0.717) is 28.3 Å². The van der Waals surface area contributed by atoms with Gasteiger partial charge in [0, 0.05) is 13.7 Å². The summed E-state index contributed by atoms with van der Waals surface area (Å²) >= 11 is -1.18. The third-order valence-corrected chi connectivity index (χ3v) is 2.44. The van der Waals surface area contributed by atoms with Crippen LogP contribution in [0, 0.1) is 0 Å². The van der Waals surface area contributed by atoms with Crippen molar-refractivity contribution in [2.75, 3.05) is 25.6 Å². The van der Waals surface area contributed by atoms with Gasteiger partial charge in [0.2, 0.25) is 5.82 Å². The fourth-order valence-electron chi connectivity index (χ4n) is 0.773. The Balaban J connectivity index is 2.63. The monoisotopic (exact) mass is 314 g/mol. The summed E-state index contributed by atoms with van der Waals surface area (Å²) in [6.45, 7) is 1.12. The van der Waals surface area contributed by atoms with Gasteiger partial charge in [0.25, 0.3) is 0 Å². The molecule has 0 unspecified atom stereocenters. The van der Waals surface area contributed by atoms with Gasteiger partial charge in [-0.2, -0.15) is 0 Å². The molecule has 0 radical (unpaired) electrons. The minimum absolute atomic E-state index is 0.324. The third kappa shape index (κ3) is 2.97. The summed E-state index contributed by atoms with van der Waals surface area (Å²) in [6.07, 6.45) is 0.